The fraction of sp³-hybridized carbons (Fsp3) is 0.278. The highest BCUT2D eigenvalue weighted by Crippen LogP contribution is 2.13. The minimum absolute atomic E-state index is 0.125. The van der Waals surface area contributed by atoms with Crippen LogP contribution in [0, 0.1) is 11.6 Å². The molecule has 0 saturated carbocycles. The number of carbonyl (C=O) groups is 2. The van der Waals surface area contributed by atoms with E-state index < -0.39 is 23.1 Å². The lowest BCUT2D eigenvalue weighted by atomic mass is 10.2. The molecule has 1 N–H and O–H groups in total. The molecule has 1 heterocycles. The van der Waals surface area contributed by atoms with Gasteiger partial charge in [-0.15, -0.1) is 0 Å². The molecule has 2 amide bonds. The third kappa shape index (κ3) is 3.96. The second kappa shape index (κ2) is 7.90. The molecule has 0 aliphatic heterocycles. The molecular formula is C18H19F2N3O3. The highest BCUT2D eigenvalue weighted by atomic mass is 19.2. The fourth-order valence-corrected chi connectivity index (χ4v) is 2.44. The normalized spacial score (nSPS) is 10.5. The van der Waals surface area contributed by atoms with Crippen molar-refractivity contribution in [1.29, 1.82) is 0 Å². The Labute approximate surface area is 149 Å². The summed E-state index contributed by atoms with van der Waals surface area (Å²) in [5.41, 5.74) is -0.569. The van der Waals surface area contributed by atoms with E-state index in [2.05, 4.69) is 5.32 Å². The summed E-state index contributed by atoms with van der Waals surface area (Å²) < 4.78 is 27.5. The lowest BCUT2D eigenvalue weighted by molar-refractivity contribution is 0.0771. The Balaban J connectivity index is 2.36. The summed E-state index contributed by atoms with van der Waals surface area (Å²) in [6, 6.07) is 3.94. The number of nitrogens with one attached hydrogen (secondary N) is 1. The molecule has 0 aliphatic carbocycles. The number of amides is 2. The predicted octanol–water partition coefficient (Wildman–Crippen LogP) is 2.40. The Bertz CT molecular complexity index is 905. The molecule has 0 spiro atoms. The summed E-state index contributed by atoms with van der Waals surface area (Å²) in [5, 5.41) is 2.35. The zero-order valence-corrected chi connectivity index (χ0v) is 14.7. The Morgan fingerprint density at radius 1 is 1.08 bits per heavy atom. The average Bonchev–Trinajstić information content (AvgIpc) is 2.61. The summed E-state index contributed by atoms with van der Waals surface area (Å²) in [4.78, 5) is 38.5. The van der Waals surface area contributed by atoms with E-state index in [0.29, 0.717) is 13.1 Å². The Kier molecular flexibility index (Phi) is 5.86. The van der Waals surface area contributed by atoms with E-state index in [4.69, 9.17) is 0 Å². The van der Waals surface area contributed by atoms with Gasteiger partial charge in [0.1, 0.15) is 5.69 Å². The van der Waals surface area contributed by atoms with Crippen molar-refractivity contribution in [3.63, 3.8) is 0 Å². The topological polar surface area (TPSA) is 71.4 Å². The molecule has 8 heteroatoms. The third-order valence-electron chi connectivity index (χ3n) is 3.91. The van der Waals surface area contributed by atoms with Crippen LogP contribution in [0.5, 0.6) is 0 Å². The molecule has 0 atom stereocenters. The van der Waals surface area contributed by atoms with Crippen molar-refractivity contribution in [3.05, 3.63) is 63.6 Å². The first kappa shape index (κ1) is 19.3. The monoisotopic (exact) mass is 363 g/mol. The van der Waals surface area contributed by atoms with Crippen molar-refractivity contribution in [2.45, 2.75) is 13.8 Å². The maximum absolute atomic E-state index is 13.3. The number of hydrogen-bond donors (Lipinski definition) is 1. The number of anilines is 1. The van der Waals surface area contributed by atoms with Crippen molar-refractivity contribution < 1.29 is 18.4 Å². The minimum atomic E-state index is -1.17. The smallest absolute Gasteiger partial charge is 0.274 e. The van der Waals surface area contributed by atoms with Gasteiger partial charge in [0.15, 0.2) is 11.6 Å². The number of aromatic nitrogens is 1. The van der Waals surface area contributed by atoms with E-state index in [1.807, 2.05) is 13.8 Å². The summed E-state index contributed by atoms with van der Waals surface area (Å²) >= 11 is 0. The van der Waals surface area contributed by atoms with Crippen LogP contribution in [0.3, 0.4) is 0 Å². The van der Waals surface area contributed by atoms with Gasteiger partial charge in [-0.3, -0.25) is 14.4 Å². The van der Waals surface area contributed by atoms with Crippen LogP contribution in [-0.2, 0) is 7.05 Å². The summed E-state index contributed by atoms with van der Waals surface area (Å²) in [7, 11) is 1.45. The molecule has 0 aliphatic rings. The molecule has 0 fully saturated rings. The summed E-state index contributed by atoms with van der Waals surface area (Å²) in [6.07, 6.45) is 1.39. The molecule has 138 valence electrons. The first-order chi connectivity index (χ1) is 12.3. The minimum Gasteiger partial charge on any atom is -0.339 e. The molecule has 26 heavy (non-hydrogen) atoms. The van der Waals surface area contributed by atoms with Gasteiger partial charge in [-0.05, 0) is 38.1 Å². The highest BCUT2D eigenvalue weighted by molar-refractivity contribution is 6.05. The van der Waals surface area contributed by atoms with Gasteiger partial charge in [0.25, 0.3) is 17.4 Å². The largest absolute Gasteiger partial charge is 0.339 e. The number of rotatable bonds is 5. The molecule has 0 bridgehead atoms. The summed E-state index contributed by atoms with van der Waals surface area (Å²) in [5.74, 6) is -3.32. The number of halogens is 2. The van der Waals surface area contributed by atoms with E-state index >= 15 is 0 Å². The van der Waals surface area contributed by atoms with Gasteiger partial charge in [-0.25, -0.2) is 8.78 Å². The third-order valence-corrected chi connectivity index (χ3v) is 3.91. The maximum atomic E-state index is 13.3. The number of benzene rings is 1. The van der Waals surface area contributed by atoms with Crippen LogP contribution < -0.4 is 10.9 Å². The lowest BCUT2D eigenvalue weighted by Crippen LogP contribution is -2.32. The number of hydrogen-bond acceptors (Lipinski definition) is 3. The predicted molar refractivity (Wildman–Crippen MR) is 93.2 cm³/mol. The lowest BCUT2D eigenvalue weighted by Gasteiger charge is -2.19. The molecule has 0 radical (unpaired) electrons. The van der Waals surface area contributed by atoms with E-state index in [-0.39, 0.29) is 22.7 Å². The van der Waals surface area contributed by atoms with E-state index in [1.54, 1.807) is 4.90 Å². The fourth-order valence-electron chi connectivity index (χ4n) is 2.44. The van der Waals surface area contributed by atoms with E-state index in [9.17, 15) is 23.2 Å². The molecule has 1 aromatic heterocycles. The molecule has 2 rings (SSSR count). The van der Waals surface area contributed by atoms with Crippen LogP contribution in [0.15, 0.2) is 35.3 Å². The van der Waals surface area contributed by atoms with E-state index in [1.165, 1.54) is 23.9 Å². The maximum Gasteiger partial charge on any atom is 0.274 e. The molecule has 0 saturated heterocycles. The molecule has 0 unspecified atom stereocenters. The Morgan fingerprint density at radius 3 is 2.31 bits per heavy atom. The van der Waals surface area contributed by atoms with Gasteiger partial charge >= 0.3 is 0 Å². The molecule has 6 nitrogen and oxygen atoms in total. The second-order valence-electron chi connectivity index (χ2n) is 5.62. The second-order valence-corrected chi connectivity index (χ2v) is 5.62. The van der Waals surface area contributed by atoms with Crippen LogP contribution in [0.4, 0.5) is 14.5 Å². The van der Waals surface area contributed by atoms with Gasteiger partial charge in [-0.2, -0.15) is 0 Å². The van der Waals surface area contributed by atoms with Crippen LogP contribution in [0.2, 0.25) is 0 Å². The van der Waals surface area contributed by atoms with Gasteiger partial charge in [0.2, 0.25) is 0 Å². The molecule has 1 aromatic carbocycles. The first-order valence-electron chi connectivity index (χ1n) is 8.04. The number of aryl methyl sites for hydroxylation is 1. The van der Waals surface area contributed by atoms with Crippen molar-refractivity contribution in [2.75, 3.05) is 18.4 Å². The van der Waals surface area contributed by atoms with Gasteiger partial charge < -0.3 is 14.8 Å². The Hall–Kier alpha value is -3.03. The average molecular weight is 363 g/mol. The zero-order valence-electron chi connectivity index (χ0n) is 14.7. The molecule has 2 aromatic rings. The van der Waals surface area contributed by atoms with Crippen molar-refractivity contribution in [3.8, 4) is 0 Å². The van der Waals surface area contributed by atoms with Crippen LogP contribution in [-0.4, -0.2) is 34.4 Å². The number of pyridine rings is 1. The highest BCUT2D eigenvalue weighted by Gasteiger charge is 2.17. The Morgan fingerprint density at radius 2 is 1.73 bits per heavy atom. The van der Waals surface area contributed by atoms with Crippen LogP contribution in [0.1, 0.15) is 34.6 Å². The van der Waals surface area contributed by atoms with Crippen LogP contribution >= 0.6 is 0 Å². The SMILES string of the molecule is CCN(CC)C(=O)c1cc(NC(=O)c2ccc(F)c(F)c2)c(=O)n(C)c1. The number of nitrogens with zero attached hydrogens (tertiary/aromatic N) is 2. The van der Waals surface area contributed by atoms with Gasteiger partial charge in [0, 0.05) is 31.9 Å². The van der Waals surface area contributed by atoms with Crippen molar-refractivity contribution in [1.82, 2.24) is 9.47 Å². The van der Waals surface area contributed by atoms with Gasteiger partial charge in [-0.1, -0.05) is 0 Å². The summed E-state index contributed by atoms with van der Waals surface area (Å²) in [6.45, 7) is 4.65. The quantitative estimate of drug-likeness (QED) is 0.887. The van der Waals surface area contributed by atoms with E-state index in [0.717, 1.165) is 18.2 Å². The number of carbonyl (C=O) groups excluding carboxylic acids is 2. The van der Waals surface area contributed by atoms with Crippen molar-refractivity contribution >= 4 is 17.5 Å². The standard InChI is InChI=1S/C18H19F2N3O3/c1-4-23(5-2)17(25)12-9-15(18(26)22(3)10-12)21-16(24)11-6-7-13(19)14(20)8-11/h6-10H,4-5H2,1-3H3,(H,21,24). The van der Waals surface area contributed by atoms with Crippen molar-refractivity contribution in [2.24, 2.45) is 7.05 Å². The van der Waals surface area contributed by atoms with Gasteiger partial charge in [0.05, 0.1) is 5.56 Å². The van der Waals surface area contributed by atoms with Crippen LogP contribution in [0.25, 0.3) is 0 Å². The molecular weight excluding hydrogens is 344 g/mol. The zero-order chi connectivity index (χ0) is 19.4. The first-order valence-corrected chi connectivity index (χ1v) is 8.04.